The Morgan fingerprint density at radius 2 is 2.38 bits per heavy atom. The maximum absolute atomic E-state index is 12.0. The number of rotatable bonds is 1. The van der Waals surface area contributed by atoms with Gasteiger partial charge in [-0.05, 0) is 28.1 Å². The lowest BCUT2D eigenvalue weighted by Gasteiger charge is -2.26. The first-order chi connectivity index (χ1) is 7.66. The Bertz CT molecular complexity index is 436. The van der Waals surface area contributed by atoms with E-state index in [1.807, 2.05) is 0 Å². The van der Waals surface area contributed by atoms with Gasteiger partial charge in [-0.25, -0.2) is 4.98 Å². The van der Waals surface area contributed by atoms with Gasteiger partial charge < -0.3 is 10.2 Å². The van der Waals surface area contributed by atoms with Gasteiger partial charge in [-0.1, -0.05) is 0 Å². The second kappa shape index (κ2) is 4.61. The molecule has 1 N–H and O–H groups in total. The predicted molar refractivity (Wildman–Crippen MR) is 60.9 cm³/mol. The van der Waals surface area contributed by atoms with Crippen molar-refractivity contribution in [1.82, 2.24) is 15.2 Å². The van der Waals surface area contributed by atoms with Crippen molar-refractivity contribution < 1.29 is 9.59 Å². The minimum absolute atomic E-state index is 0.118. The number of carbonyl (C=O) groups excluding carboxylic acids is 2. The van der Waals surface area contributed by atoms with Gasteiger partial charge >= 0.3 is 0 Å². The Hall–Kier alpha value is -1.43. The maximum Gasteiger partial charge on any atom is 0.254 e. The van der Waals surface area contributed by atoms with Crippen LogP contribution in [0, 0.1) is 0 Å². The maximum atomic E-state index is 12.0. The Balaban J connectivity index is 2.15. The number of carbonyl (C=O) groups is 2. The van der Waals surface area contributed by atoms with E-state index in [-0.39, 0.29) is 18.4 Å². The number of pyridine rings is 1. The van der Waals surface area contributed by atoms with Crippen molar-refractivity contribution in [3.63, 3.8) is 0 Å². The number of piperazine rings is 1. The third-order valence-corrected chi connectivity index (χ3v) is 2.73. The van der Waals surface area contributed by atoms with E-state index in [0.29, 0.717) is 23.3 Å². The fourth-order valence-electron chi connectivity index (χ4n) is 1.53. The van der Waals surface area contributed by atoms with Gasteiger partial charge in [-0.15, -0.1) is 0 Å². The molecule has 1 aliphatic rings. The van der Waals surface area contributed by atoms with Crippen molar-refractivity contribution in [3.05, 3.63) is 28.5 Å². The molecule has 1 fully saturated rings. The van der Waals surface area contributed by atoms with Crippen LogP contribution in [-0.2, 0) is 4.79 Å². The third kappa shape index (κ3) is 2.38. The van der Waals surface area contributed by atoms with Crippen LogP contribution in [0.2, 0.25) is 0 Å². The molecule has 0 unspecified atom stereocenters. The highest BCUT2D eigenvalue weighted by Crippen LogP contribution is 2.11. The summed E-state index contributed by atoms with van der Waals surface area (Å²) in [5.74, 6) is -0.259. The van der Waals surface area contributed by atoms with Gasteiger partial charge in [-0.3, -0.25) is 9.59 Å². The fraction of sp³-hybridized carbons (Fsp3) is 0.300. The summed E-state index contributed by atoms with van der Waals surface area (Å²) in [5.41, 5.74) is 0.538. The van der Waals surface area contributed by atoms with Gasteiger partial charge in [0, 0.05) is 24.8 Å². The molecule has 1 aromatic heterocycles. The van der Waals surface area contributed by atoms with Crippen LogP contribution in [0.3, 0.4) is 0 Å². The summed E-state index contributed by atoms with van der Waals surface area (Å²) < 4.78 is 0.611. The van der Waals surface area contributed by atoms with E-state index in [1.54, 1.807) is 18.3 Å². The zero-order valence-electron chi connectivity index (χ0n) is 8.44. The summed E-state index contributed by atoms with van der Waals surface area (Å²) in [7, 11) is 0. The number of nitrogens with one attached hydrogen (secondary N) is 1. The van der Waals surface area contributed by atoms with Crippen LogP contribution in [0.4, 0.5) is 0 Å². The molecule has 0 bridgehead atoms. The molecular formula is C10H10BrN3O2. The molecule has 0 aromatic carbocycles. The minimum atomic E-state index is -0.141. The van der Waals surface area contributed by atoms with Crippen molar-refractivity contribution in [3.8, 4) is 0 Å². The lowest BCUT2D eigenvalue weighted by atomic mass is 10.2. The summed E-state index contributed by atoms with van der Waals surface area (Å²) in [6, 6.07) is 3.29. The average Bonchev–Trinajstić information content (AvgIpc) is 2.28. The highest BCUT2D eigenvalue weighted by atomic mass is 79.9. The Kier molecular flexibility index (Phi) is 3.19. The van der Waals surface area contributed by atoms with Crippen LogP contribution in [0.15, 0.2) is 22.9 Å². The van der Waals surface area contributed by atoms with E-state index >= 15 is 0 Å². The molecule has 0 atom stereocenters. The molecule has 0 saturated carbocycles. The van der Waals surface area contributed by atoms with E-state index < -0.39 is 0 Å². The molecule has 5 nitrogen and oxygen atoms in total. The standard InChI is InChI=1S/C10H10BrN3O2/c11-8-5-7(1-2-12-8)10(16)14-4-3-13-9(15)6-14/h1-2,5H,3-4,6H2,(H,13,15). The Labute approximate surface area is 101 Å². The van der Waals surface area contributed by atoms with Gasteiger partial charge in [-0.2, -0.15) is 0 Å². The Morgan fingerprint density at radius 3 is 3.06 bits per heavy atom. The van der Waals surface area contributed by atoms with E-state index in [4.69, 9.17) is 0 Å². The van der Waals surface area contributed by atoms with Crippen LogP contribution in [0.1, 0.15) is 10.4 Å². The normalized spacial score (nSPS) is 15.8. The molecule has 0 aliphatic carbocycles. The first kappa shape index (κ1) is 11.1. The van der Waals surface area contributed by atoms with Crippen LogP contribution >= 0.6 is 15.9 Å². The topological polar surface area (TPSA) is 62.3 Å². The number of halogens is 1. The summed E-state index contributed by atoms with van der Waals surface area (Å²) in [4.78, 5) is 28.6. The van der Waals surface area contributed by atoms with Crippen molar-refractivity contribution in [1.29, 1.82) is 0 Å². The van der Waals surface area contributed by atoms with Crippen molar-refractivity contribution in [2.45, 2.75) is 0 Å². The zero-order chi connectivity index (χ0) is 11.5. The van der Waals surface area contributed by atoms with Gasteiger partial charge in [0.15, 0.2) is 0 Å². The summed E-state index contributed by atoms with van der Waals surface area (Å²) >= 11 is 3.21. The fourth-order valence-corrected chi connectivity index (χ4v) is 1.89. The largest absolute Gasteiger partial charge is 0.353 e. The number of nitrogens with zero attached hydrogens (tertiary/aromatic N) is 2. The molecule has 0 spiro atoms. The van der Waals surface area contributed by atoms with Crippen LogP contribution in [0.25, 0.3) is 0 Å². The zero-order valence-corrected chi connectivity index (χ0v) is 10.0. The molecule has 16 heavy (non-hydrogen) atoms. The van der Waals surface area contributed by atoms with Crippen LogP contribution in [0.5, 0.6) is 0 Å². The first-order valence-electron chi connectivity index (χ1n) is 4.84. The molecule has 2 rings (SSSR count). The predicted octanol–water partition coefficient (Wildman–Crippen LogP) is 0.416. The minimum Gasteiger partial charge on any atom is -0.353 e. The van der Waals surface area contributed by atoms with E-state index in [1.165, 1.54) is 4.90 Å². The number of amides is 2. The van der Waals surface area contributed by atoms with Crippen LogP contribution < -0.4 is 5.32 Å². The van der Waals surface area contributed by atoms with Gasteiger partial charge in [0.25, 0.3) is 5.91 Å². The lowest BCUT2D eigenvalue weighted by Crippen LogP contribution is -2.49. The number of hydrogen-bond donors (Lipinski definition) is 1. The lowest BCUT2D eigenvalue weighted by molar-refractivity contribution is -0.123. The highest BCUT2D eigenvalue weighted by Gasteiger charge is 2.22. The van der Waals surface area contributed by atoms with E-state index in [0.717, 1.165) is 0 Å². The van der Waals surface area contributed by atoms with Gasteiger partial charge in [0.05, 0.1) is 6.54 Å². The molecule has 2 amide bonds. The van der Waals surface area contributed by atoms with E-state index in [9.17, 15) is 9.59 Å². The van der Waals surface area contributed by atoms with Crippen molar-refractivity contribution in [2.24, 2.45) is 0 Å². The molecule has 1 aromatic rings. The third-order valence-electron chi connectivity index (χ3n) is 2.30. The summed E-state index contributed by atoms with van der Waals surface area (Å²) in [5, 5.41) is 2.68. The summed E-state index contributed by atoms with van der Waals surface area (Å²) in [6.07, 6.45) is 1.56. The number of aromatic nitrogens is 1. The quantitative estimate of drug-likeness (QED) is 0.760. The van der Waals surface area contributed by atoms with Gasteiger partial charge in [0.2, 0.25) is 5.91 Å². The molecule has 1 aliphatic heterocycles. The highest BCUT2D eigenvalue weighted by molar-refractivity contribution is 9.10. The smallest absolute Gasteiger partial charge is 0.254 e. The Morgan fingerprint density at radius 1 is 1.56 bits per heavy atom. The molecule has 0 radical (unpaired) electrons. The second-order valence-corrected chi connectivity index (χ2v) is 4.26. The second-order valence-electron chi connectivity index (χ2n) is 3.44. The molecule has 84 valence electrons. The monoisotopic (exact) mass is 283 g/mol. The van der Waals surface area contributed by atoms with E-state index in [2.05, 4.69) is 26.2 Å². The molecule has 6 heteroatoms. The van der Waals surface area contributed by atoms with Crippen LogP contribution in [-0.4, -0.2) is 41.3 Å². The number of hydrogen-bond acceptors (Lipinski definition) is 3. The molecular weight excluding hydrogens is 274 g/mol. The molecule has 2 heterocycles. The average molecular weight is 284 g/mol. The molecule has 1 saturated heterocycles. The SMILES string of the molecule is O=C1CN(C(=O)c2ccnc(Br)c2)CCN1. The first-order valence-corrected chi connectivity index (χ1v) is 5.63. The van der Waals surface area contributed by atoms with Crippen molar-refractivity contribution >= 4 is 27.7 Å². The van der Waals surface area contributed by atoms with Gasteiger partial charge in [0.1, 0.15) is 4.60 Å². The van der Waals surface area contributed by atoms with Crippen molar-refractivity contribution in [2.75, 3.05) is 19.6 Å². The summed E-state index contributed by atoms with van der Waals surface area (Å²) in [6.45, 7) is 1.18.